The molecule has 0 aromatic carbocycles. The highest BCUT2D eigenvalue weighted by Crippen LogP contribution is 2.23. The van der Waals surface area contributed by atoms with E-state index in [0.29, 0.717) is 25.1 Å². The largest absolute Gasteiger partial charge is 0.474 e. The maximum absolute atomic E-state index is 5.92. The second-order valence-corrected chi connectivity index (χ2v) is 8.34. The Kier molecular flexibility index (Phi) is 7.65. The van der Waals surface area contributed by atoms with E-state index in [1.165, 1.54) is 12.8 Å². The summed E-state index contributed by atoms with van der Waals surface area (Å²) < 4.78 is 5.92. The average Bonchev–Trinajstić information content (AvgIpc) is 3.37. The summed E-state index contributed by atoms with van der Waals surface area (Å²) in [6.45, 7) is 8.45. The smallest absolute Gasteiger partial charge is 0.213 e. The molecule has 2 aromatic heterocycles. The molecular weight excluding hydrogens is 370 g/mol. The number of hydrogen-bond acceptors (Lipinski definition) is 5. The van der Waals surface area contributed by atoms with Crippen molar-refractivity contribution >= 4 is 17.3 Å². The van der Waals surface area contributed by atoms with E-state index in [1.54, 1.807) is 11.3 Å². The molecule has 1 fully saturated rings. The molecule has 1 saturated carbocycles. The summed E-state index contributed by atoms with van der Waals surface area (Å²) in [4.78, 5) is 13.8. The van der Waals surface area contributed by atoms with Crippen LogP contribution in [-0.4, -0.2) is 28.6 Å². The number of ether oxygens (including phenoxy) is 1. The van der Waals surface area contributed by atoms with Crippen LogP contribution in [0.15, 0.2) is 28.7 Å². The summed E-state index contributed by atoms with van der Waals surface area (Å²) in [6.07, 6.45) is 7.00. The quantitative estimate of drug-likeness (QED) is 0.511. The Morgan fingerprint density at radius 3 is 2.75 bits per heavy atom. The highest BCUT2D eigenvalue weighted by molar-refractivity contribution is 7.09. The van der Waals surface area contributed by atoms with Crippen molar-refractivity contribution in [3.8, 4) is 5.88 Å². The number of aliphatic imine (C=N–C) groups is 1. The molecular formula is C21H31N5OS. The molecule has 3 rings (SSSR count). The molecule has 152 valence electrons. The average molecular weight is 402 g/mol. The summed E-state index contributed by atoms with van der Waals surface area (Å²) in [5, 5.41) is 9.85. The van der Waals surface area contributed by atoms with Gasteiger partial charge in [0.05, 0.1) is 18.8 Å². The summed E-state index contributed by atoms with van der Waals surface area (Å²) in [5.74, 6) is 1.96. The predicted octanol–water partition coefficient (Wildman–Crippen LogP) is 4.24. The summed E-state index contributed by atoms with van der Waals surface area (Å²) in [7, 11) is 0. The molecule has 2 aromatic rings. The summed E-state index contributed by atoms with van der Waals surface area (Å²) >= 11 is 1.69. The Balaban J connectivity index is 1.52. The van der Waals surface area contributed by atoms with E-state index in [-0.39, 0.29) is 0 Å². The van der Waals surface area contributed by atoms with Crippen LogP contribution in [-0.2, 0) is 13.1 Å². The number of guanidine groups is 1. The maximum atomic E-state index is 5.92. The fourth-order valence-electron chi connectivity index (χ4n) is 3.09. The molecule has 2 N–H and O–H groups in total. The summed E-state index contributed by atoms with van der Waals surface area (Å²) in [5.41, 5.74) is 2.21. The van der Waals surface area contributed by atoms with Gasteiger partial charge in [-0.05, 0) is 44.1 Å². The highest BCUT2D eigenvalue weighted by atomic mass is 32.1. The van der Waals surface area contributed by atoms with E-state index in [2.05, 4.69) is 51.7 Å². The van der Waals surface area contributed by atoms with E-state index in [0.717, 1.165) is 47.5 Å². The van der Waals surface area contributed by atoms with Crippen LogP contribution in [0.4, 0.5) is 0 Å². The molecule has 7 heteroatoms. The van der Waals surface area contributed by atoms with E-state index in [1.807, 2.05) is 18.3 Å². The zero-order chi connectivity index (χ0) is 19.8. The lowest BCUT2D eigenvalue weighted by Gasteiger charge is -2.12. The van der Waals surface area contributed by atoms with Crippen LogP contribution in [0.25, 0.3) is 0 Å². The molecule has 28 heavy (non-hydrogen) atoms. The third-order valence-electron chi connectivity index (χ3n) is 4.72. The Bertz CT molecular complexity index is 750. The lowest BCUT2D eigenvalue weighted by atomic mass is 10.2. The fourth-order valence-corrected chi connectivity index (χ4v) is 3.99. The van der Waals surface area contributed by atoms with Gasteiger partial charge >= 0.3 is 0 Å². The normalized spacial score (nSPS) is 15.2. The van der Waals surface area contributed by atoms with Crippen LogP contribution in [0, 0.1) is 0 Å². The first kappa shape index (κ1) is 20.6. The van der Waals surface area contributed by atoms with Crippen molar-refractivity contribution in [1.29, 1.82) is 0 Å². The number of aromatic nitrogens is 2. The number of rotatable bonds is 8. The van der Waals surface area contributed by atoms with Crippen molar-refractivity contribution in [2.24, 2.45) is 4.99 Å². The van der Waals surface area contributed by atoms with E-state index in [9.17, 15) is 0 Å². The molecule has 2 heterocycles. The number of pyridine rings is 1. The van der Waals surface area contributed by atoms with Gasteiger partial charge in [0.1, 0.15) is 11.1 Å². The van der Waals surface area contributed by atoms with Gasteiger partial charge in [0.2, 0.25) is 5.88 Å². The van der Waals surface area contributed by atoms with Crippen LogP contribution in [0.5, 0.6) is 5.88 Å². The first-order chi connectivity index (χ1) is 13.6. The van der Waals surface area contributed by atoms with Gasteiger partial charge in [0, 0.05) is 24.2 Å². The van der Waals surface area contributed by atoms with Gasteiger partial charge in [-0.3, -0.25) is 0 Å². The Labute approximate surface area is 171 Å². The van der Waals surface area contributed by atoms with Crippen molar-refractivity contribution < 1.29 is 4.74 Å². The van der Waals surface area contributed by atoms with Crippen LogP contribution < -0.4 is 15.4 Å². The van der Waals surface area contributed by atoms with Gasteiger partial charge < -0.3 is 15.4 Å². The minimum absolute atomic E-state index is 0.336. The number of nitrogens with zero attached hydrogens (tertiary/aromatic N) is 3. The monoisotopic (exact) mass is 401 g/mol. The molecule has 0 saturated heterocycles. The number of nitrogens with one attached hydrogen (secondary N) is 2. The molecule has 1 aliphatic carbocycles. The first-order valence-corrected chi connectivity index (χ1v) is 11.1. The van der Waals surface area contributed by atoms with Crippen molar-refractivity contribution in [3.05, 3.63) is 40.0 Å². The molecule has 6 nitrogen and oxygen atoms in total. The van der Waals surface area contributed by atoms with Crippen molar-refractivity contribution in [2.45, 2.75) is 71.6 Å². The van der Waals surface area contributed by atoms with Crippen LogP contribution in [0.3, 0.4) is 0 Å². The molecule has 0 radical (unpaired) electrons. The van der Waals surface area contributed by atoms with Gasteiger partial charge in [0.15, 0.2) is 5.96 Å². The Morgan fingerprint density at radius 2 is 2.11 bits per heavy atom. The third kappa shape index (κ3) is 6.19. The lowest BCUT2D eigenvalue weighted by Crippen LogP contribution is -2.36. The first-order valence-electron chi connectivity index (χ1n) is 10.2. The lowest BCUT2D eigenvalue weighted by molar-refractivity contribution is 0.201. The van der Waals surface area contributed by atoms with E-state index < -0.39 is 0 Å². The second-order valence-electron chi connectivity index (χ2n) is 7.40. The van der Waals surface area contributed by atoms with Crippen molar-refractivity contribution in [2.75, 3.05) is 6.54 Å². The minimum Gasteiger partial charge on any atom is -0.474 e. The summed E-state index contributed by atoms with van der Waals surface area (Å²) in [6, 6.07) is 3.99. The van der Waals surface area contributed by atoms with Gasteiger partial charge in [-0.1, -0.05) is 19.9 Å². The molecule has 0 unspecified atom stereocenters. The SMILES string of the molecule is CCNC(=NCc1ccc(OC2CCCC2)nc1)NCc1nc(C(C)C)cs1. The molecule has 0 amide bonds. The van der Waals surface area contributed by atoms with Crippen LogP contribution in [0.2, 0.25) is 0 Å². The third-order valence-corrected chi connectivity index (χ3v) is 5.59. The topological polar surface area (TPSA) is 71.4 Å². The van der Waals surface area contributed by atoms with Crippen LogP contribution in [0.1, 0.15) is 68.6 Å². The maximum Gasteiger partial charge on any atom is 0.213 e. The molecule has 0 atom stereocenters. The standard InChI is InChI=1S/C21H31N5OS/c1-4-22-21(25-13-20-26-18(14-28-20)15(2)3)24-12-16-9-10-19(23-11-16)27-17-7-5-6-8-17/h9-11,14-15,17H,4-8,12-13H2,1-3H3,(H2,22,24,25). The Hall–Kier alpha value is -2.15. The molecule has 0 spiro atoms. The predicted molar refractivity (Wildman–Crippen MR) is 115 cm³/mol. The second kappa shape index (κ2) is 10.4. The van der Waals surface area contributed by atoms with Crippen LogP contribution >= 0.6 is 11.3 Å². The van der Waals surface area contributed by atoms with Gasteiger partial charge in [0.25, 0.3) is 0 Å². The van der Waals surface area contributed by atoms with Gasteiger partial charge in [-0.2, -0.15) is 0 Å². The fraction of sp³-hybridized carbons (Fsp3) is 0.571. The molecule has 1 aliphatic rings. The van der Waals surface area contributed by atoms with Crippen molar-refractivity contribution in [3.63, 3.8) is 0 Å². The zero-order valence-electron chi connectivity index (χ0n) is 17.1. The molecule has 0 bridgehead atoms. The Morgan fingerprint density at radius 1 is 1.29 bits per heavy atom. The highest BCUT2D eigenvalue weighted by Gasteiger charge is 2.16. The zero-order valence-corrected chi connectivity index (χ0v) is 17.9. The van der Waals surface area contributed by atoms with Gasteiger partial charge in [-0.25, -0.2) is 15.0 Å². The van der Waals surface area contributed by atoms with Crippen molar-refractivity contribution in [1.82, 2.24) is 20.6 Å². The number of hydrogen-bond donors (Lipinski definition) is 2. The number of thiazole rings is 1. The van der Waals surface area contributed by atoms with E-state index in [4.69, 9.17) is 4.74 Å². The minimum atomic E-state index is 0.336. The van der Waals surface area contributed by atoms with Gasteiger partial charge in [-0.15, -0.1) is 11.3 Å². The van der Waals surface area contributed by atoms with E-state index >= 15 is 0 Å². The molecule has 0 aliphatic heterocycles.